The third-order valence-corrected chi connectivity index (χ3v) is 3.13. The lowest BCUT2D eigenvalue weighted by atomic mass is 10.1. The molecule has 0 saturated heterocycles. The molecule has 0 radical (unpaired) electrons. The number of benzene rings is 1. The summed E-state index contributed by atoms with van der Waals surface area (Å²) in [5, 5.41) is 2.52. The molecule has 0 unspecified atom stereocenters. The average Bonchev–Trinajstić information content (AvgIpc) is 2.69. The molecule has 5 heteroatoms. The zero-order chi connectivity index (χ0) is 15.6. The molecule has 0 saturated carbocycles. The van der Waals surface area contributed by atoms with Crippen LogP contribution in [0.4, 0.5) is 0 Å². The Bertz CT molecular complexity index is 656. The molecule has 3 amide bonds. The molecule has 1 aliphatic heterocycles. The minimum Gasteiger partial charge on any atom is -0.341 e. The summed E-state index contributed by atoms with van der Waals surface area (Å²) in [4.78, 5) is 37.5. The quantitative estimate of drug-likeness (QED) is 0.669. The average molecular weight is 284 g/mol. The SMILES string of the molecule is C#CCNC(=O)c1ccc2c(c1)C(=O)N(CC(C)C)C2=O. The van der Waals surface area contributed by atoms with Crippen molar-refractivity contribution in [2.45, 2.75) is 13.8 Å². The third kappa shape index (κ3) is 2.79. The van der Waals surface area contributed by atoms with Gasteiger partial charge in [-0.3, -0.25) is 19.3 Å². The Kier molecular flexibility index (Phi) is 4.08. The van der Waals surface area contributed by atoms with Crippen LogP contribution in [0.15, 0.2) is 18.2 Å². The normalized spacial score (nSPS) is 13.3. The van der Waals surface area contributed by atoms with Gasteiger partial charge in [0.1, 0.15) is 0 Å². The molecule has 0 aromatic heterocycles. The highest BCUT2D eigenvalue weighted by atomic mass is 16.2. The number of imide groups is 1. The number of nitrogens with one attached hydrogen (secondary N) is 1. The van der Waals surface area contributed by atoms with Crippen molar-refractivity contribution in [3.8, 4) is 12.3 Å². The Balaban J connectivity index is 2.30. The third-order valence-electron chi connectivity index (χ3n) is 3.13. The summed E-state index contributed by atoms with van der Waals surface area (Å²) in [5.41, 5.74) is 0.930. The monoisotopic (exact) mass is 284 g/mol. The molecule has 0 aliphatic carbocycles. The first-order valence-corrected chi connectivity index (χ1v) is 6.67. The Morgan fingerprint density at radius 2 is 1.95 bits per heavy atom. The maximum absolute atomic E-state index is 12.3. The number of hydrogen-bond donors (Lipinski definition) is 1. The Labute approximate surface area is 123 Å². The van der Waals surface area contributed by atoms with Crippen LogP contribution in [0.2, 0.25) is 0 Å². The smallest absolute Gasteiger partial charge is 0.261 e. The van der Waals surface area contributed by atoms with Gasteiger partial charge in [-0.25, -0.2) is 0 Å². The topological polar surface area (TPSA) is 66.5 Å². The Hall–Kier alpha value is -2.61. The van der Waals surface area contributed by atoms with E-state index in [2.05, 4.69) is 11.2 Å². The molecule has 0 spiro atoms. The van der Waals surface area contributed by atoms with Crippen LogP contribution in [0.5, 0.6) is 0 Å². The highest BCUT2D eigenvalue weighted by Crippen LogP contribution is 2.24. The fraction of sp³-hybridized carbons (Fsp3) is 0.312. The van der Waals surface area contributed by atoms with E-state index in [-0.39, 0.29) is 35.7 Å². The number of hydrogen-bond acceptors (Lipinski definition) is 3. The van der Waals surface area contributed by atoms with Crippen molar-refractivity contribution in [3.63, 3.8) is 0 Å². The van der Waals surface area contributed by atoms with Crippen molar-refractivity contribution in [3.05, 3.63) is 34.9 Å². The number of terminal acetylenes is 1. The van der Waals surface area contributed by atoms with Crippen LogP contribution in [0.3, 0.4) is 0 Å². The van der Waals surface area contributed by atoms with Crippen LogP contribution in [0, 0.1) is 18.3 Å². The van der Waals surface area contributed by atoms with Gasteiger partial charge in [0.2, 0.25) is 0 Å². The van der Waals surface area contributed by atoms with Crippen molar-refractivity contribution in [2.24, 2.45) is 5.92 Å². The summed E-state index contributed by atoms with van der Waals surface area (Å²) in [6.07, 6.45) is 5.08. The molecule has 5 nitrogen and oxygen atoms in total. The van der Waals surface area contributed by atoms with E-state index in [1.807, 2.05) is 13.8 Å². The van der Waals surface area contributed by atoms with E-state index in [0.717, 1.165) is 0 Å². The molecule has 108 valence electrons. The molecule has 1 N–H and O–H groups in total. The lowest BCUT2D eigenvalue weighted by Gasteiger charge is -2.15. The minimum absolute atomic E-state index is 0.113. The van der Waals surface area contributed by atoms with Crippen molar-refractivity contribution < 1.29 is 14.4 Å². The molecule has 1 aromatic carbocycles. The summed E-state index contributed by atoms with van der Waals surface area (Å²) in [6, 6.07) is 4.48. The van der Waals surface area contributed by atoms with E-state index in [9.17, 15) is 14.4 Å². The van der Waals surface area contributed by atoms with Gasteiger partial charge in [0.25, 0.3) is 17.7 Å². The zero-order valence-corrected chi connectivity index (χ0v) is 12.0. The van der Waals surface area contributed by atoms with Crippen molar-refractivity contribution >= 4 is 17.7 Å². The van der Waals surface area contributed by atoms with E-state index in [4.69, 9.17) is 6.42 Å². The first-order chi connectivity index (χ1) is 9.95. The fourth-order valence-corrected chi connectivity index (χ4v) is 2.20. The minimum atomic E-state index is -0.363. The van der Waals surface area contributed by atoms with Crippen LogP contribution >= 0.6 is 0 Å². The van der Waals surface area contributed by atoms with Gasteiger partial charge >= 0.3 is 0 Å². The molecule has 21 heavy (non-hydrogen) atoms. The van der Waals surface area contributed by atoms with E-state index in [1.165, 1.54) is 23.1 Å². The van der Waals surface area contributed by atoms with Crippen molar-refractivity contribution in [2.75, 3.05) is 13.1 Å². The van der Waals surface area contributed by atoms with E-state index in [0.29, 0.717) is 17.7 Å². The molecule has 1 aliphatic rings. The van der Waals surface area contributed by atoms with Gasteiger partial charge in [0.15, 0.2) is 0 Å². The van der Waals surface area contributed by atoms with Crippen molar-refractivity contribution in [1.29, 1.82) is 0 Å². The molecular formula is C16H16N2O3. The molecule has 0 fully saturated rings. The van der Waals surface area contributed by atoms with E-state index in [1.54, 1.807) is 0 Å². The second kappa shape index (κ2) is 5.80. The summed E-state index contributed by atoms with van der Waals surface area (Å²) in [6.45, 7) is 4.34. The number of fused-ring (bicyclic) bond motifs is 1. The Morgan fingerprint density at radius 1 is 1.29 bits per heavy atom. The standard InChI is InChI=1S/C16H16N2O3/c1-4-7-17-14(19)11-5-6-12-13(8-11)16(21)18(15(12)20)9-10(2)3/h1,5-6,8,10H,7,9H2,2-3H3,(H,17,19). The van der Waals surface area contributed by atoms with Crippen LogP contribution in [-0.2, 0) is 0 Å². The fourth-order valence-electron chi connectivity index (χ4n) is 2.20. The van der Waals surface area contributed by atoms with Crippen LogP contribution < -0.4 is 5.32 Å². The predicted molar refractivity (Wildman–Crippen MR) is 77.8 cm³/mol. The first-order valence-electron chi connectivity index (χ1n) is 6.67. The van der Waals surface area contributed by atoms with Gasteiger partial charge in [-0.1, -0.05) is 19.8 Å². The van der Waals surface area contributed by atoms with Gasteiger partial charge in [-0.05, 0) is 24.1 Å². The largest absolute Gasteiger partial charge is 0.341 e. The van der Waals surface area contributed by atoms with Gasteiger partial charge in [-0.15, -0.1) is 6.42 Å². The summed E-state index contributed by atoms with van der Waals surface area (Å²) in [5.74, 6) is 1.47. The molecule has 0 bridgehead atoms. The lowest BCUT2D eigenvalue weighted by molar-refractivity contribution is 0.0636. The highest BCUT2D eigenvalue weighted by Gasteiger charge is 2.36. The summed E-state index contributed by atoms with van der Waals surface area (Å²) in [7, 11) is 0. The predicted octanol–water partition coefficient (Wildman–Crippen LogP) is 1.30. The van der Waals surface area contributed by atoms with Crippen LogP contribution in [0.1, 0.15) is 44.9 Å². The summed E-state index contributed by atoms with van der Waals surface area (Å²) < 4.78 is 0. The van der Waals surface area contributed by atoms with Gasteiger partial charge < -0.3 is 5.32 Å². The molecular weight excluding hydrogens is 268 g/mol. The summed E-state index contributed by atoms with van der Waals surface area (Å²) >= 11 is 0. The second-order valence-corrected chi connectivity index (χ2v) is 5.26. The number of carbonyl (C=O) groups excluding carboxylic acids is 3. The highest BCUT2D eigenvalue weighted by molar-refractivity contribution is 6.22. The van der Waals surface area contributed by atoms with E-state index < -0.39 is 0 Å². The number of carbonyl (C=O) groups is 3. The van der Waals surface area contributed by atoms with Gasteiger partial charge in [0.05, 0.1) is 17.7 Å². The van der Waals surface area contributed by atoms with E-state index >= 15 is 0 Å². The Morgan fingerprint density at radius 3 is 2.57 bits per heavy atom. The van der Waals surface area contributed by atoms with Gasteiger partial charge in [0, 0.05) is 12.1 Å². The van der Waals surface area contributed by atoms with Crippen molar-refractivity contribution in [1.82, 2.24) is 10.2 Å². The van der Waals surface area contributed by atoms with Crippen LogP contribution in [0.25, 0.3) is 0 Å². The van der Waals surface area contributed by atoms with Crippen LogP contribution in [-0.4, -0.2) is 35.7 Å². The number of amides is 3. The number of rotatable bonds is 4. The zero-order valence-electron chi connectivity index (χ0n) is 12.0. The number of nitrogens with zero attached hydrogens (tertiary/aromatic N) is 1. The maximum Gasteiger partial charge on any atom is 0.261 e. The molecule has 1 aromatic rings. The molecule has 1 heterocycles. The first kappa shape index (κ1) is 14.8. The lowest BCUT2D eigenvalue weighted by Crippen LogP contribution is -2.33. The second-order valence-electron chi connectivity index (χ2n) is 5.26. The molecule has 2 rings (SSSR count). The molecule has 0 atom stereocenters. The maximum atomic E-state index is 12.3. The van der Waals surface area contributed by atoms with Gasteiger partial charge in [-0.2, -0.15) is 0 Å².